The predicted octanol–water partition coefficient (Wildman–Crippen LogP) is 3.61. The molecule has 0 bridgehead atoms. The van der Waals surface area contributed by atoms with Crippen LogP contribution in [0.2, 0.25) is 0 Å². The van der Waals surface area contributed by atoms with E-state index < -0.39 is 0 Å². The second-order valence-electron chi connectivity index (χ2n) is 7.62. The van der Waals surface area contributed by atoms with Crippen molar-refractivity contribution in [1.82, 2.24) is 20.2 Å². The molecule has 0 spiro atoms. The summed E-state index contributed by atoms with van der Waals surface area (Å²) in [4.78, 5) is 21.7. The third kappa shape index (κ3) is 3.79. The Morgan fingerprint density at radius 2 is 2.07 bits per heavy atom. The number of hydrogen-bond donors (Lipinski definition) is 2. The molecular formula is C21H28N4O3. The highest BCUT2D eigenvalue weighted by atomic mass is 16.5. The second kappa shape index (κ2) is 8.12. The van der Waals surface area contributed by atoms with Crippen molar-refractivity contribution in [2.24, 2.45) is 0 Å². The first-order chi connectivity index (χ1) is 13.7. The van der Waals surface area contributed by atoms with E-state index in [2.05, 4.69) is 27.4 Å². The number of H-pyrrole nitrogens is 1. The molecule has 2 unspecified atom stereocenters. The van der Waals surface area contributed by atoms with Gasteiger partial charge in [-0.1, -0.05) is 6.07 Å². The number of nitrogens with one attached hydrogen (secondary N) is 2. The number of aromatic amines is 1. The molecule has 7 nitrogen and oxygen atoms in total. The molecule has 28 heavy (non-hydrogen) atoms. The standard InChI is InChI=1S/C21H28N4O3/c1-14(20-22-9-10-23-20)25-13-16(12-24-21(25)26)15-7-8-18(27-2)19(11-15)28-17-5-3-4-6-17/h7-11,14,16-17H,3-6,12-13H2,1-2H3,(H,22,23)(H,24,26). The number of imidazole rings is 1. The lowest BCUT2D eigenvalue weighted by atomic mass is 9.95. The molecule has 2 fully saturated rings. The highest BCUT2D eigenvalue weighted by molar-refractivity contribution is 5.75. The number of hydrogen-bond acceptors (Lipinski definition) is 4. The molecule has 2 N–H and O–H groups in total. The van der Waals surface area contributed by atoms with Crippen molar-refractivity contribution < 1.29 is 14.3 Å². The van der Waals surface area contributed by atoms with E-state index in [9.17, 15) is 4.79 Å². The smallest absolute Gasteiger partial charge is 0.318 e. The average Bonchev–Trinajstić information content (AvgIpc) is 3.42. The fraction of sp³-hybridized carbons (Fsp3) is 0.524. The van der Waals surface area contributed by atoms with Crippen LogP contribution in [0, 0.1) is 0 Å². The summed E-state index contributed by atoms with van der Waals surface area (Å²) in [5.41, 5.74) is 1.14. The van der Waals surface area contributed by atoms with Gasteiger partial charge in [-0.15, -0.1) is 0 Å². The van der Waals surface area contributed by atoms with Crippen LogP contribution in [0.5, 0.6) is 11.5 Å². The topological polar surface area (TPSA) is 79.5 Å². The zero-order valence-electron chi connectivity index (χ0n) is 16.5. The number of rotatable bonds is 6. The van der Waals surface area contributed by atoms with Crippen LogP contribution in [-0.2, 0) is 0 Å². The lowest BCUT2D eigenvalue weighted by Gasteiger charge is -2.36. The van der Waals surface area contributed by atoms with Gasteiger partial charge in [0.2, 0.25) is 0 Å². The number of amides is 2. The Kier molecular flexibility index (Phi) is 5.41. The van der Waals surface area contributed by atoms with Crippen LogP contribution in [0.15, 0.2) is 30.6 Å². The summed E-state index contributed by atoms with van der Waals surface area (Å²) in [6.07, 6.45) is 8.40. The Morgan fingerprint density at radius 1 is 1.25 bits per heavy atom. The van der Waals surface area contributed by atoms with Gasteiger partial charge in [-0.25, -0.2) is 9.78 Å². The summed E-state index contributed by atoms with van der Waals surface area (Å²) in [6.45, 7) is 3.22. The maximum absolute atomic E-state index is 12.4. The van der Waals surface area contributed by atoms with Gasteiger partial charge in [0.15, 0.2) is 11.5 Å². The lowest BCUT2D eigenvalue weighted by Crippen LogP contribution is -2.51. The van der Waals surface area contributed by atoms with E-state index in [1.165, 1.54) is 12.8 Å². The van der Waals surface area contributed by atoms with Crippen LogP contribution in [-0.4, -0.2) is 47.2 Å². The molecule has 2 aliphatic rings. The first kappa shape index (κ1) is 18.7. The van der Waals surface area contributed by atoms with E-state index in [1.54, 1.807) is 19.5 Å². The van der Waals surface area contributed by atoms with Gasteiger partial charge >= 0.3 is 6.03 Å². The molecule has 1 aliphatic carbocycles. The molecule has 1 aromatic heterocycles. The maximum Gasteiger partial charge on any atom is 0.318 e. The van der Waals surface area contributed by atoms with Gasteiger partial charge in [-0.05, 0) is 50.3 Å². The molecule has 1 saturated heterocycles. The van der Waals surface area contributed by atoms with E-state index in [0.717, 1.165) is 35.7 Å². The molecule has 2 heterocycles. The minimum absolute atomic E-state index is 0.0592. The number of benzene rings is 1. The predicted molar refractivity (Wildman–Crippen MR) is 106 cm³/mol. The van der Waals surface area contributed by atoms with Crippen LogP contribution in [0.25, 0.3) is 0 Å². The van der Waals surface area contributed by atoms with Crippen molar-refractivity contribution in [1.29, 1.82) is 0 Å². The van der Waals surface area contributed by atoms with Gasteiger partial charge in [0.05, 0.1) is 19.3 Å². The summed E-state index contributed by atoms with van der Waals surface area (Å²) >= 11 is 0. The number of carbonyl (C=O) groups excluding carboxylic acids is 1. The van der Waals surface area contributed by atoms with Crippen molar-refractivity contribution >= 4 is 6.03 Å². The fourth-order valence-corrected chi connectivity index (χ4v) is 4.13. The largest absolute Gasteiger partial charge is 0.493 e. The fourth-order valence-electron chi connectivity index (χ4n) is 4.13. The first-order valence-electron chi connectivity index (χ1n) is 10.0. The number of aromatic nitrogens is 2. The quantitative estimate of drug-likeness (QED) is 0.797. The average molecular weight is 384 g/mol. The van der Waals surface area contributed by atoms with Gasteiger partial charge in [-0.3, -0.25) is 0 Å². The molecule has 1 saturated carbocycles. The number of urea groups is 1. The van der Waals surface area contributed by atoms with Crippen molar-refractivity contribution in [3.63, 3.8) is 0 Å². The van der Waals surface area contributed by atoms with E-state index in [0.29, 0.717) is 13.1 Å². The number of ether oxygens (including phenoxy) is 2. The highest BCUT2D eigenvalue weighted by Crippen LogP contribution is 2.35. The third-order valence-corrected chi connectivity index (χ3v) is 5.82. The van der Waals surface area contributed by atoms with Crippen LogP contribution in [0.3, 0.4) is 0 Å². The summed E-state index contributed by atoms with van der Waals surface area (Å²) in [6, 6.07) is 5.94. The van der Waals surface area contributed by atoms with E-state index in [4.69, 9.17) is 9.47 Å². The van der Waals surface area contributed by atoms with Gasteiger partial charge < -0.3 is 24.7 Å². The van der Waals surface area contributed by atoms with Crippen LogP contribution in [0.4, 0.5) is 4.79 Å². The van der Waals surface area contributed by atoms with Crippen LogP contribution in [0.1, 0.15) is 56.0 Å². The Morgan fingerprint density at radius 3 is 2.79 bits per heavy atom. The zero-order chi connectivity index (χ0) is 19.5. The Labute approximate surface area is 165 Å². The SMILES string of the molecule is COc1ccc(C2CNC(=O)N(C(C)c3ncc[nH]3)C2)cc1OC1CCCC1. The summed E-state index contributed by atoms with van der Waals surface area (Å²) in [5.74, 6) is 2.52. The first-order valence-corrected chi connectivity index (χ1v) is 10.0. The number of nitrogens with zero attached hydrogens (tertiary/aromatic N) is 2. The molecule has 0 radical (unpaired) electrons. The normalized spacial score (nSPS) is 21.4. The summed E-state index contributed by atoms with van der Waals surface area (Å²) < 4.78 is 11.7. The Hall–Kier alpha value is -2.70. The molecule has 2 aromatic rings. The van der Waals surface area contributed by atoms with Crippen molar-refractivity contribution in [3.8, 4) is 11.5 Å². The van der Waals surface area contributed by atoms with E-state index in [-0.39, 0.29) is 24.1 Å². The summed E-state index contributed by atoms with van der Waals surface area (Å²) in [7, 11) is 1.67. The molecular weight excluding hydrogens is 356 g/mol. The Bertz CT molecular complexity index is 802. The maximum atomic E-state index is 12.4. The van der Waals surface area contributed by atoms with Crippen molar-refractivity contribution in [2.45, 2.75) is 50.7 Å². The van der Waals surface area contributed by atoms with Gasteiger partial charge in [0.1, 0.15) is 5.82 Å². The molecule has 150 valence electrons. The molecule has 7 heteroatoms. The van der Waals surface area contributed by atoms with E-state index in [1.807, 2.05) is 17.9 Å². The number of methoxy groups -OCH3 is 1. The van der Waals surface area contributed by atoms with Crippen molar-refractivity contribution in [3.05, 3.63) is 42.0 Å². The molecule has 1 aliphatic heterocycles. The van der Waals surface area contributed by atoms with Gasteiger partial charge in [0.25, 0.3) is 0 Å². The molecule has 1 aromatic carbocycles. The zero-order valence-corrected chi connectivity index (χ0v) is 16.5. The monoisotopic (exact) mass is 384 g/mol. The second-order valence-corrected chi connectivity index (χ2v) is 7.62. The third-order valence-electron chi connectivity index (χ3n) is 5.82. The van der Waals surface area contributed by atoms with Crippen LogP contribution < -0.4 is 14.8 Å². The number of carbonyl (C=O) groups is 1. The van der Waals surface area contributed by atoms with Gasteiger partial charge in [0, 0.05) is 31.4 Å². The highest BCUT2D eigenvalue weighted by Gasteiger charge is 2.31. The van der Waals surface area contributed by atoms with E-state index >= 15 is 0 Å². The van der Waals surface area contributed by atoms with Gasteiger partial charge in [-0.2, -0.15) is 0 Å². The Balaban J connectivity index is 1.53. The van der Waals surface area contributed by atoms with Crippen LogP contribution >= 0.6 is 0 Å². The summed E-state index contributed by atoms with van der Waals surface area (Å²) in [5, 5.41) is 3.02. The minimum atomic E-state index is -0.120. The molecule has 2 atom stereocenters. The minimum Gasteiger partial charge on any atom is -0.493 e. The van der Waals surface area contributed by atoms with Crippen molar-refractivity contribution in [2.75, 3.05) is 20.2 Å². The molecule has 2 amide bonds. The molecule has 4 rings (SSSR count). The lowest BCUT2D eigenvalue weighted by molar-refractivity contribution is 0.156.